The van der Waals surface area contributed by atoms with E-state index in [0.717, 1.165) is 77.2 Å². The van der Waals surface area contributed by atoms with Crippen molar-refractivity contribution in [1.82, 2.24) is 25.4 Å². The fourth-order valence-corrected chi connectivity index (χ4v) is 7.23. The van der Waals surface area contributed by atoms with Crippen LogP contribution in [0.3, 0.4) is 0 Å². The van der Waals surface area contributed by atoms with Crippen LogP contribution in [0, 0.1) is 0 Å². The molecule has 52 heavy (non-hydrogen) atoms. The third-order valence-electron chi connectivity index (χ3n) is 10.3. The summed E-state index contributed by atoms with van der Waals surface area (Å²) in [5, 5.41) is 9.76. The lowest BCUT2D eigenvalue weighted by Gasteiger charge is -2.26. The second-order valence-electron chi connectivity index (χ2n) is 13.7. The van der Waals surface area contributed by atoms with Gasteiger partial charge < -0.3 is 30.7 Å². The topological polar surface area (TPSA) is 110 Å². The zero-order valence-electron chi connectivity index (χ0n) is 30.7. The van der Waals surface area contributed by atoms with Crippen LogP contribution in [0.5, 0.6) is 0 Å². The lowest BCUT2D eigenvalue weighted by atomic mass is 9.87. The average Bonchev–Trinajstić information content (AvgIpc) is 3.47. The largest absolute Gasteiger partial charge is 0.372 e. The zero-order chi connectivity index (χ0) is 36.5. The minimum absolute atomic E-state index is 0.0471. The molecule has 3 amide bonds. The molecule has 1 fully saturated rings. The van der Waals surface area contributed by atoms with Gasteiger partial charge in [-0.3, -0.25) is 19.4 Å². The van der Waals surface area contributed by atoms with Gasteiger partial charge in [0, 0.05) is 80.5 Å². The molecule has 0 saturated carbocycles. The number of anilines is 2. The number of carbonyl (C=O) groups excluding carboxylic acids is 3. The van der Waals surface area contributed by atoms with Crippen molar-refractivity contribution < 1.29 is 14.4 Å². The summed E-state index contributed by atoms with van der Waals surface area (Å²) in [4.78, 5) is 51.8. The Morgan fingerprint density at radius 1 is 0.865 bits per heavy atom. The number of fused-ring (bicyclic) bond motifs is 1. The molecule has 3 aromatic carbocycles. The quantitative estimate of drug-likeness (QED) is 0.166. The SMILES string of the molecule is CCN(CC)c1ccc(NC(=O)c2cccc(C(=O)N(C)CCN3CCCNCC3)c2)c(-c2cc(C(=O)N[C@H]3CCCc4ccccc43)ccn2)c1. The number of hydrogen-bond acceptors (Lipinski definition) is 7. The highest BCUT2D eigenvalue weighted by Crippen LogP contribution is 2.33. The maximum atomic E-state index is 13.8. The van der Waals surface area contributed by atoms with E-state index in [-0.39, 0.29) is 23.8 Å². The van der Waals surface area contributed by atoms with Gasteiger partial charge in [-0.15, -0.1) is 0 Å². The van der Waals surface area contributed by atoms with Crippen molar-refractivity contribution >= 4 is 29.1 Å². The first kappa shape index (κ1) is 36.7. The molecule has 1 aromatic heterocycles. The van der Waals surface area contributed by atoms with Crippen molar-refractivity contribution in [3.05, 3.63) is 113 Å². The highest BCUT2D eigenvalue weighted by atomic mass is 16.2. The number of likely N-dealkylation sites (N-methyl/N-ethyl adjacent to an activating group) is 1. The summed E-state index contributed by atoms with van der Waals surface area (Å²) in [5.41, 5.74) is 6.63. The van der Waals surface area contributed by atoms with Gasteiger partial charge in [0.2, 0.25) is 0 Å². The van der Waals surface area contributed by atoms with Gasteiger partial charge in [-0.2, -0.15) is 0 Å². The van der Waals surface area contributed by atoms with E-state index in [1.54, 1.807) is 47.5 Å². The first-order chi connectivity index (χ1) is 25.3. The van der Waals surface area contributed by atoms with Crippen LogP contribution in [0.15, 0.2) is 85.1 Å². The summed E-state index contributed by atoms with van der Waals surface area (Å²) >= 11 is 0. The third-order valence-corrected chi connectivity index (χ3v) is 10.3. The Labute approximate surface area is 307 Å². The molecule has 1 saturated heterocycles. The number of rotatable bonds is 12. The minimum atomic E-state index is -0.337. The molecule has 0 radical (unpaired) electrons. The van der Waals surface area contributed by atoms with Crippen LogP contribution >= 0.6 is 0 Å². The number of aryl methyl sites for hydroxylation is 1. The first-order valence-electron chi connectivity index (χ1n) is 18.7. The number of hydrogen-bond donors (Lipinski definition) is 3. The van der Waals surface area contributed by atoms with Crippen molar-refractivity contribution in [2.45, 2.75) is 45.6 Å². The molecule has 272 valence electrons. The molecular formula is C42H51N7O3. The molecule has 0 unspecified atom stereocenters. The second-order valence-corrected chi connectivity index (χ2v) is 13.7. The number of benzene rings is 3. The summed E-state index contributed by atoms with van der Waals surface area (Å²) in [6, 6.07) is 24.5. The number of nitrogens with one attached hydrogen (secondary N) is 3. The van der Waals surface area contributed by atoms with E-state index in [1.807, 2.05) is 37.4 Å². The molecule has 1 aliphatic carbocycles. The van der Waals surface area contributed by atoms with Gasteiger partial charge in [0.1, 0.15) is 0 Å². The molecule has 10 heteroatoms. The lowest BCUT2D eigenvalue weighted by Crippen LogP contribution is -2.37. The summed E-state index contributed by atoms with van der Waals surface area (Å²) in [6.07, 6.45) is 5.68. The lowest BCUT2D eigenvalue weighted by molar-refractivity contribution is 0.0778. The second kappa shape index (κ2) is 17.4. The number of pyridine rings is 1. The normalized spacial score (nSPS) is 15.9. The van der Waals surface area contributed by atoms with Crippen LogP contribution < -0.4 is 20.9 Å². The van der Waals surface area contributed by atoms with E-state index in [4.69, 9.17) is 0 Å². The van der Waals surface area contributed by atoms with Crippen LogP contribution in [-0.4, -0.2) is 91.9 Å². The van der Waals surface area contributed by atoms with E-state index in [9.17, 15) is 14.4 Å². The van der Waals surface area contributed by atoms with Crippen LogP contribution in [0.25, 0.3) is 11.3 Å². The van der Waals surface area contributed by atoms with E-state index in [2.05, 4.69) is 56.7 Å². The Morgan fingerprint density at radius 2 is 1.67 bits per heavy atom. The van der Waals surface area contributed by atoms with Gasteiger partial charge in [0.05, 0.1) is 17.4 Å². The maximum absolute atomic E-state index is 13.8. The van der Waals surface area contributed by atoms with Gasteiger partial charge >= 0.3 is 0 Å². The third kappa shape index (κ3) is 8.86. The molecule has 4 aromatic rings. The number of aromatic nitrogens is 1. The van der Waals surface area contributed by atoms with Crippen LogP contribution in [0.2, 0.25) is 0 Å². The maximum Gasteiger partial charge on any atom is 0.255 e. The molecule has 3 N–H and O–H groups in total. The molecular weight excluding hydrogens is 651 g/mol. The smallest absolute Gasteiger partial charge is 0.255 e. The summed E-state index contributed by atoms with van der Waals surface area (Å²) in [6.45, 7) is 11.2. The summed E-state index contributed by atoms with van der Waals surface area (Å²) in [5.74, 6) is -0.621. The van der Waals surface area contributed by atoms with Crippen molar-refractivity contribution in [2.75, 3.05) is 69.6 Å². The van der Waals surface area contributed by atoms with Gasteiger partial charge in [-0.05, 0) is 112 Å². The Kier molecular flexibility index (Phi) is 12.3. The summed E-state index contributed by atoms with van der Waals surface area (Å²) in [7, 11) is 1.81. The Bertz CT molecular complexity index is 1870. The Hall–Kier alpha value is -5.06. The van der Waals surface area contributed by atoms with Crippen molar-refractivity contribution in [3.63, 3.8) is 0 Å². The highest BCUT2D eigenvalue weighted by molar-refractivity contribution is 6.08. The minimum Gasteiger partial charge on any atom is -0.372 e. The van der Waals surface area contributed by atoms with Crippen LogP contribution in [-0.2, 0) is 6.42 Å². The monoisotopic (exact) mass is 701 g/mol. The molecule has 10 nitrogen and oxygen atoms in total. The summed E-state index contributed by atoms with van der Waals surface area (Å²) < 4.78 is 0. The fraction of sp³-hybridized carbons (Fsp3) is 0.381. The highest BCUT2D eigenvalue weighted by Gasteiger charge is 2.23. The van der Waals surface area contributed by atoms with E-state index >= 15 is 0 Å². The van der Waals surface area contributed by atoms with Crippen LogP contribution in [0.1, 0.15) is 81.4 Å². The van der Waals surface area contributed by atoms with E-state index in [0.29, 0.717) is 40.2 Å². The molecule has 2 heterocycles. The Balaban J connectivity index is 1.21. The van der Waals surface area contributed by atoms with Gasteiger partial charge in [-0.1, -0.05) is 30.3 Å². The molecule has 1 aliphatic heterocycles. The molecule has 1 atom stereocenters. The van der Waals surface area contributed by atoms with Gasteiger partial charge in [0.25, 0.3) is 17.7 Å². The van der Waals surface area contributed by atoms with Crippen molar-refractivity contribution in [1.29, 1.82) is 0 Å². The standard InChI is InChI=1S/C42H51N7O3/c1-4-49(5-2)34-17-18-38(46-40(50)31-13-8-14-33(27-31)42(52)47(3)25-26-48-23-10-20-43-22-24-48)36(29-34)39-28-32(19-21-44-39)41(51)45-37-16-9-12-30-11-6-7-15-35(30)37/h6-8,11,13-15,17-19,21,27-29,37,43H,4-5,9-10,12,16,20,22-26H2,1-3H3,(H,45,51)(H,46,50)/t37-/m0/s1. The van der Waals surface area contributed by atoms with E-state index in [1.165, 1.54) is 11.1 Å². The fourth-order valence-electron chi connectivity index (χ4n) is 7.23. The zero-order valence-corrected chi connectivity index (χ0v) is 30.7. The number of carbonyl (C=O) groups is 3. The van der Waals surface area contributed by atoms with E-state index < -0.39 is 0 Å². The predicted molar refractivity (Wildman–Crippen MR) is 208 cm³/mol. The van der Waals surface area contributed by atoms with Crippen molar-refractivity contribution in [3.8, 4) is 11.3 Å². The molecule has 6 rings (SSSR count). The number of amides is 3. The molecule has 2 aliphatic rings. The predicted octanol–water partition coefficient (Wildman–Crippen LogP) is 6.02. The van der Waals surface area contributed by atoms with Crippen molar-refractivity contribution in [2.24, 2.45) is 0 Å². The van der Waals surface area contributed by atoms with Crippen LogP contribution in [0.4, 0.5) is 11.4 Å². The average molecular weight is 702 g/mol. The Morgan fingerprint density at radius 3 is 2.52 bits per heavy atom. The molecule has 0 spiro atoms. The van der Waals surface area contributed by atoms with Gasteiger partial charge in [-0.25, -0.2) is 0 Å². The first-order valence-corrected chi connectivity index (χ1v) is 18.7. The van der Waals surface area contributed by atoms with Gasteiger partial charge in [0.15, 0.2) is 0 Å². The molecule has 0 bridgehead atoms. The number of nitrogens with zero attached hydrogens (tertiary/aromatic N) is 4.